The normalized spacial score (nSPS) is 24.9. The van der Waals surface area contributed by atoms with Crippen molar-refractivity contribution in [3.05, 3.63) is 29.3 Å². The Morgan fingerprint density at radius 3 is 2.75 bits per heavy atom. The first-order valence-electron chi connectivity index (χ1n) is 7.35. The minimum absolute atomic E-state index is 0. The van der Waals surface area contributed by atoms with Crippen LogP contribution in [0.5, 0.6) is 0 Å². The number of nitrogens with zero attached hydrogens (tertiary/aromatic N) is 1. The molecule has 0 bridgehead atoms. The van der Waals surface area contributed by atoms with Gasteiger partial charge < -0.3 is 10.2 Å². The van der Waals surface area contributed by atoms with Gasteiger partial charge in [-0.05, 0) is 24.6 Å². The summed E-state index contributed by atoms with van der Waals surface area (Å²) in [6, 6.07) is 6.72. The number of amides is 1. The zero-order valence-electron chi connectivity index (χ0n) is 12.8. The quantitative estimate of drug-likeness (QED) is 0.817. The summed E-state index contributed by atoms with van der Waals surface area (Å²) in [5.74, 6) is -3.13. The Kier molecular flexibility index (Phi) is 7.53. The summed E-state index contributed by atoms with van der Waals surface area (Å²) in [6.07, 6.45) is 0.366. The number of hydrogen-bond donors (Lipinski definition) is 2. The number of carbonyl (C=O) groups is 1. The fraction of sp³-hybridized carbons (Fsp3) is 0.533. The molecule has 0 saturated carbocycles. The fourth-order valence-corrected chi connectivity index (χ4v) is 3.17. The van der Waals surface area contributed by atoms with E-state index in [2.05, 4.69) is 15.5 Å². The van der Waals surface area contributed by atoms with Crippen molar-refractivity contribution < 1.29 is 13.6 Å². The van der Waals surface area contributed by atoms with E-state index in [0.717, 1.165) is 18.7 Å². The predicted octanol–water partition coefficient (Wildman–Crippen LogP) is 2.88. The lowest BCUT2D eigenvalue weighted by Crippen LogP contribution is -2.46. The largest absolute Gasteiger partial charge is 0.369 e. The molecule has 2 heterocycles. The van der Waals surface area contributed by atoms with Crippen molar-refractivity contribution in [3.63, 3.8) is 0 Å². The Morgan fingerprint density at radius 1 is 1.38 bits per heavy atom. The molecule has 2 fully saturated rings. The Morgan fingerprint density at radius 2 is 2.12 bits per heavy atom. The van der Waals surface area contributed by atoms with Crippen molar-refractivity contribution in [3.8, 4) is 0 Å². The van der Waals surface area contributed by atoms with Gasteiger partial charge in [0.25, 0.3) is 5.92 Å². The topological polar surface area (TPSA) is 44.4 Å². The van der Waals surface area contributed by atoms with Crippen LogP contribution in [0.3, 0.4) is 0 Å². The third-order valence-electron chi connectivity index (χ3n) is 4.13. The molecule has 0 radical (unpaired) electrons. The lowest BCUT2D eigenvalue weighted by molar-refractivity contribution is -0.124. The van der Waals surface area contributed by atoms with Crippen LogP contribution in [-0.4, -0.2) is 43.5 Å². The van der Waals surface area contributed by atoms with E-state index < -0.39 is 24.9 Å². The van der Waals surface area contributed by atoms with E-state index in [4.69, 9.17) is 11.6 Å². The minimum Gasteiger partial charge on any atom is -0.369 e. The summed E-state index contributed by atoms with van der Waals surface area (Å²) in [6.45, 7) is 1.04. The van der Waals surface area contributed by atoms with Crippen LogP contribution < -0.4 is 15.5 Å². The minimum atomic E-state index is -2.79. The van der Waals surface area contributed by atoms with Gasteiger partial charge in [-0.1, -0.05) is 17.7 Å². The fourth-order valence-electron chi connectivity index (χ4n) is 2.99. The molecule has 4 nitrogen and oxygen atoms in total. The first-order chi connectivity index (χ1) is 10.4. The van der Waals surface area contributed by atoms with Crippen LogP contribution in [0.2, 0.25) is 5.02 Å². The van der Waals surface area contributed by atoms with Crippen LogP contribution in [-0.2, 0) is 4.79 Å². The molecule has 0 spiro atoms. The molecule has 1 aromatic rings. The van der Waals surface area contributed by atoms with Crippen molar-refractivity contribution in [1.82, 2.24) is 10.6 Å². The van der Waals surface area contributed by atoms with E-state index in [-0.39, 0.29) is 36.8 Å². The van der Waals surface area contributed by atoms with E-state index in [0.29, 0.717) is 11.6 Å². The molecule has 2 unspecified atom stereocenters. The van der Waals surface area contributed by atoms with Gasteiger partial charge in [0.15, 0.2) is 0 Å². The van der Waals surface area contributed by atoms with E-state index in [1.54, 1.807) is 0 Å². The standard InChI is InChI=1S/C15H18ClF2N3O.2ClH/c16-10-2-1-3-12(6-10)21-5-4-11(8-21)20-14(22)13-7-15(17,18)9-19-13;;/h1-3,6,11,13,19H,4-5,7-9H2,(H,20,22);2*1H. The highest BCUT2D eigenvalue weighted by molar-refractivity contribution is 6.30. The van der Waals surface area contributed by atoms with E-state index in [1.807, 2.05) is 24.3 Å². The molecular weight excluding hydrogens is 383 g/mol. The average Bonchev–Trinajstić information content (AvgIpc) is 3.05. The van der Waals surface area contributed by atoms with E-state index in [9.17, 15) is 13.6 Å². The zero-order chi connectivity index (χ0) is 15.7. The molecule has 0 aliphatic carbocycles. The summed E-state index contributed by atoms with van der Waals surface area (Å²) in [4.78, 5) is 14.2. The molecule has 1 amide bonds. The molecule has 2 saturated heterocycles. The number of anilines is 1. The second kappa shape index (κ2) is 8.52. The van der Waals surface area contributed by atoms with Gasteiger partial charge in [-0.15, -0.1) is 24.8 Å². The van der Waals surface area contributed by atoms with E-state index in [1.165, 1.54) is 0 Å². The van der Waals surface area contributed by atoms with Gasteiger partial charge in [0.1, 0.15) is 0 Å². The number of rotatable bonds is 3. The van der Waals surface area contributed by atoms with Crippen molar-refractivity contribution in [2.75, 3.05) is 24.5 Å². The molecule has 0 aromatic heterocycles. The van der Waals surface area contributed by atoms with Crippen molar-refractivity contribution in [2.45, 2.75) is 30.8 Å². The maximum atomic E-state index is 13.1. The first-order valence-corrected chi connectivity index (χ1v) is 7.73. The van der Waals surface area contributed by atoms with Crippen LogP contribution in [0.25, 0.3) is 0 Å². The number of benzene rings is 1. The van der Waals surface area contributed by atoms with Crippen LogP contribution in [0.15, 0.2) is 24.3 Å². The third-order valence-corrected chi connectivity index (χ3v) is 4.37. The first kappa shape index (κ1) is 21.2. The highest BCUT2D eigenvalue weighted by Crippen LogP contribution is 2.26. The maximum Gasteiger partial charge on any atom is 0.262 e. The monoisotopic (exact) mass is 401 g/mol. The molecule has 9 heteroatoms. The van der Waals surface area contributed by atoms with Crippen molar-refractivity contribution in [1.29, 1.82) is 0 Å². The molecule has 2 atom stereocenters. The summed E-state index contributed by atoms with van der Waals surface area (Å²) < 4.78 is 26.3. The summed E-state index contributed by atoms with van der Waals surface area (Å²) in [5.41, 5.74) is 1.01. The molecule has 1 aromatic carbocycles. The highest BCUT2D eigenvalue weighted by Gasteiger charge is 2.42. The van der Waals surface area contributed by atoms with Crippen LogP contribution >= 0.6 is 36.4 Å². The van der Waals surface area contributed by atoms with Gasteiger partial charge in [-0.25, -0.2) is 8.78 Å². The second-order valence-corrected chi connectivity index (χ2v) is 6.35. The van der Waals surface area contributed by atoms with Gasteiger partial charge in [0.2, 0.25) is 5.91 Å². The lowest BCUT2D eigenvalue weighted by Gasteiger charge is -2.20. The summed E-state index contributed by atoms with van der Waals surface area (Å²) >= 11 is 5.98. The third kappa shape index (κ3) is 5.09. The molecule has 2 aliphatic heterocycles. The Labute approximate surface area is 157 Å². The van der Waals surface area contributed by atoms with Gasteiger partial charge in [0, 0.05) is 36.3 Å². The van der Waals surface area contributed by atoms with Crippen LogP contribution in [0.1, 0.15) is 12.8 Å². The smallest absolute Gasteiger partial charge is 0.262 e. The van der Waals surface area contributed by atoms with Gasteiger partial charge >= 0.3 is 0 Å². The number of halogens is 5. The SMILES string of the molecule is Cl.Cl.O=C(NC1CCN(c2cccc(Cl)c2)C1)C1CC(F)(F)CN1. The molecule has 2 N–H and O–H groups in total. The Hall–Kier alpha value is -0.820. The molecule has 3 rings (SSSR count). The van der Waals surface area contributed by atoms with Crippen LogP contribution in [0.4, 0.5) is 14.5 Å². The summed E-state index contributed by atoms with van der Waals surface area (Å²) in [7, 11) is 0. The molecule has 136 valence electrons. The van der Waals surface area contributed by atoms with Gasteiger partial charge in [-0.3, -0.25) is 10.1 Å². The molecular formula is C15H20Cl3F2N3O. The van der Waals surface area contributed by atoms with Crippen LogP contribution in [0, 0.1) is 0 Å². The Bertz CT molecular complexity index is 577. The number of alkyl halides is 2. The average molecular weight is 403 g/mol. The highest BCUT2D eigenvalue weighted by atomic mass is 35.5. The number of carbonyl (C=O) groups excluding carboxylic acids is 1. The van der Waals surface area contributed by atoms with Gasteiger partial charge in [-0.2, -0.15) is 0 Å². The zero-order valence-corrected chi connectivity index (χ0v) is 15.2. The summed E-state index contributed by atoms with van der Waals surface area (Å²) in [5, 5.41) is 6.11. The van der Waals surface area contributed by atoms with E-state index >= 15 is 0 Å². The van der Waals surface area contributed by atoms with Crippen molar-refractivity contribution >= 4 is 48.0 Å². The second-order valence-electron chi connectivity index (χ2n) is 5.91. The number of hydrogen-bond acceptors (Lipinski definition) is 3. The lowest BCUT2D eigenvalue weighted by atomic mass is 10.1. The predicted molar refractivity (Wildman–Crippen MR) is 96.1 cm³/mol. The van der Waals surface area contributed by atoms with Crippen molar-refractivity contribution in [2.24, 2.45) is 0 Å². The number of nitrogens with one attached hydrogen (secondary N) is 2. The Balaban J connectivity index is 0.00000144. The molecule has 2 aliphatic rings. The van der Waals surface area contributed by atoms with Gasteiger partial charge in [0.05, 0.1) is 12.6 Å². The maximum absolute atomic E-state index is 13.1. The molecule has 24 heavy (non-hydrogen) atoms.